The highest BCUT2D eigenvalue weighted by molar-refractivity contribution is 5.92. The first kappa shape index (κ1) is 17.4. The van der Waals surface area contributed by atoms with Gasteiger partial charge in [0, 0.05) is 23.7 Å². The van der Waals surface area contributed by atoms with Crippen LogP contribution in [0.4, 0.5) is 11.4 Å². The number of fused-ring (bicyclic) bond motifs is 1. The number of para-hydroxylation sites is 1. The van der Waals surface area contributed by atoms with Crippen LogP contribution in [-0.4, -0.2) is 31.3 Å². The lowest BCUT2D eigenvalue weighted by molar-refractivity contribution is 0.122. The van der Waals surface area contributed by atoms with Crippen LogP contribution < -0.4 is 15.5 Å². The van der Waals surface area contributed by atoms with Crippen molar-refractivity contribution in [1.82, 2.24) is 4.98 Å². The smallest absolute Gasteiger partial charge is 0.0856 e. The average Bonchev–Trinajstić information content (AvgIpc) is 2.72. The maximum atomic E-state index is 5.55. The van der Waals surface area contributed by atoms with E-state index in [0.29, 0.717) is 13.2 Å². The molecule has 4 rings (SSSR count). The van der Waals surface area contributed by atoms with Gasteiger partial charge in [0.05, 0.1) is 41.2 Å². The summed E-state index contributed by atoms with van der Waals surface area (Å²) in [5, 5.41) is 11.7. The minimum absolute atomic E-state index is 0.715. The lowest BCUT2D eigenvalue weighted by Gasteiger charge is -2.30. The second-order valence-corrected chi connectivity index (χ2v) is 6.52. The van der Waals surface area contributed by atoms with Crippen molar-refractivity contribution in [1.29, 1.82) is 0 Å². The molecule has 0 radical (unpaired) electrons. The first-order valence-electron chi connectivity index (χ1n) is 9.12. The van der Waals surface area contributed by atoms with E-state index in [1.165, 1.54) is 0 Å². The lowest BCUT2D eigenvalue weighted by Crippen LogP contribution is -2.43. The summed E-state index contributed by atoms with van der Waals surface area (Å²) in [4.78, 5) is 7.06. The minimum atomic E-state index is 0.715. The van der Waals surface area contributed by atoms with Crippen LogP contribution in [0.2, 0.25) is 0 Å². The van der Waals surface area contributed by atoms with Gasteiger partial charge in [-0.3, -0.25) is 0 Å². The van der Waals surface area contributed by atoms with E-state index in [2.05, 4.69) is 27.8 Å². The van der Waals surface area contributed by atoms with Crippen molar-refractivity contribution in [3.8, 4) is 0 Å². The highest BCUT2D eigenvalue weighted by atomic mass is 16.5. The fraction of sp³-hybridized carbons (Fsp3) is 0.227. The second kappa shape index (κ2) is 7.68. The van der Waals surface area contributed by atoms with Crippen molar-refractivity contribution in [2.45, 2.75) is 6.92 Å². The fourth-order valence-corrected chi connectivity index (χ4v) is 3.42. The molecule has 0 spiro atoms. The summed E-state index contributed by atoms with van der Waals surface area (Å²) >= 11 is 0. The molecular formula is C22H22N4O. The molecular weight excluding hydrogens is 336 g/mol. The Labute approximate surface area is 158 Å². The molecule has 0 bridgehead atoms. The van der Waals surface area contributed by atoms with Gasteiger partial charge < -0.3 is 9.64 Å². The Hall–Kier alpha value is -3.05. The Morgan fingerprint density at radius 1 is 1.04 bits per heavy atom. The van der Waals surface area contributed by atoms with Crippen molar-refractivity contribution in [3.05, 3.63) is 65.2 Å². The van der Waals surface area contributed by atoms with Crippen LogP contribution in [-0.2, 0) is 4.74 Å². The summed E-state index contributed by atoms with van der Waals surface area (Å²) in [6.07, 6.45) is 0. The van der Waals surface area contributed by atoms with Crippen LogP contribution >= 0.6 is 0 Å². The molecule has 0 aliphatic carbocycles. The molecule has 5 nitrogen and oxygen atoms in total. The molecule has 1 aromatic heterocycles. The van der Waals surface area contributed by atoms with Crippen molar-refractivity contribution < 1.29 is 4.74 Å². The van der Waals surface area contributed by atoms with Gasteiger partial charge >= 0.3 is 0 Å². The number of benzene rings is 2. The molecule has 0 unspecified atom stereocenters. The second-order valence-electron chi connectivity index (χ2n) is 6.52. The Kier molecular flexibility index (Phi) is 4.94. The third-order valence-corrected chi connectivity index (χ3v) is 4.70. The first-order chi connectivity index (χ1) is 13.2. The zero-order chi connectivity index (χ0) is 18.6. The zero-order valence-corrected chi connectivity index (χ0v) is 15.4. The molecule has 2 aromatic carbocycles. The standard InChI is InChI=1S/C22H22N4O/c1-16-21(17(2)24-25-18-8-4-3-5-9-18)22(26-12-14-27-15-13-26)19-10-6-7-11-20(19)23-16/h3-11H,1,12-15H2,2H3/b21-17+,25-24?. The summed E-state index contributed by atoms with van der Waals surface area (Å²) in [6.45, 7) is 9.28. The van der Waals surface area contributed by atoms with Gasteiger partial charge in [0.25, 0.3) is 0 Å². The first-order valence-corrected chi connectivity index (χ1v) is 9.12. The van der Waals surface area contributed by atoms with Crippen molar-refractivity contribution in [2.75, 3.05) is 31.2 Å². The third-order valence-electron chi connectivity index (χ3n) is 4.70. The zero-order valence-electron chi connectivity index (χ0n) is 15.4. The van der Waals surface area contributed by atoms with Gasteiger partial charge in [-0.2, -0.15) is 10.2 Å². The minimum Gasteiger partial charge on any atom is -0.378 e. The topological polar surface area (TPSA) is 50.1 Å². The van der Waals surface area contributed by atoms with Gasteiger partial charge in [-0.15, -0.1) is 0 Å². The number of azo groups is 1. The van der Waals surface area contributed by atoms with Crippen LogP contribution in [0.1, 0.15) is 6.92 Å². The molecule has 27 heavy (non-hydrogen) atoms. The molecule has 136 valence electrons. The highest BCUT2D eigenvalue weighted by Crippen LogP contribution is 2.22. The summed E-state index contributed by atoms with van der Waals surface area (Å²) in [6, 6.07) is 17.9. The van der Waals surface area contributed by atoms with E-state index in [4.69, 9.17) is 9.72 Å². The molecule has 0 atom stereocenters. The van der Waals surface area contributed by atoms with E-state index >= 15 is 0 Å². The number of hydrogen-bond acceptors (Lipinski definition) is 5. The number of rotatable bonds is 3. The van der Waals surface area contributed by atoms with Crippen LogP contribution in [0.25, 0.3) is 23.2 Å². The predicted octanol–water partition coefficient (Wildman–Crippen LogP) is 3.39. The Morgan fingerprint density at radius 3 is 2.52 bits per heavy atom. The van der Waals surface area contributed by atoms with Gasteiger partial charge in [-0.05, 0) is 25.1 Å². The summed E-state index contributed by atoms with van der Waals surface area (Å²) in [5.74, 6) is 0. The van der Waals surface area contributed by atoms with Gasteiger partial charge in [0.1, 0.15) is 0 Å². The van der Waals surface area contributed by atoms with Gasteiger partial charge in [-0.25, -0.2) is 4.98 Å². The molecule has 5 heteroatoms. The van der Waals surface area contributed by atoms with E-state index in [1.807, 2.05) is 55.5 Å². The van der Waals surface area contributed by atoms with Crippen molar-refractivity contribution >= 4 is 34.6 Å². The summed E-state index contributed by atoms with van der Waals surface area (Å²) in [5.41, 5.74) is 3.70. The van der Waals surface area contributed by atoms with E-state index in [0.717, 1.165) is 51.6 Å². The Morgan fingerprint density at radius 2 is 1.74 bits per heavy atom. The number of hydrogen-bond donors (Lipinski definition) is 0. The maximum Gasteiger partial charge on any atom is 0.0856 e. The average molecular weight is 358 g/mol. The number of nitrogens with zero attached hydrogens (tertiary/aromatic N) is 4. The molecule has 0 saturated carbocycles. The number of morpholine rings is 1. The predicted molar refractivity (Wildman–Crippen MR) is 110 cm³/mol. The largest absolute Gasteiger partial charge is 0.378 e. The number of ether oxygens (including phenoxy) is 1. The van der Waals surface area contributed by atoms with Crippen LogP contribution in [0, 0.1) is 0 Å². The van der Waals surface area contributed by atoms with Gasteiger partial charge in [-0.1, -0.05) is 43.0 Å². The van der Waals surface area contributed by atoms with E-state index in [9.17, 15) is 0 Å². The van der Waals surface area contributed by atoms with Gasteiger partial charge in [0.15, 0.2) is 0 Å². The van der Waals surface area contributed by atoms with Crippen LogP contribution in [0.5, 0.6) is 0 Å². The quantitative estimate of drug-likeness (QED) is 0.674. The molecule has 1 fully saturated rings. The molecule has 3 aromatic rings. The summed E-state index contributed by atoms with van der Waals surface area (Å²) in [7, 11) is 0. The molecule has 2 heterocycles. The summed E-state index contributed by atoms with van der Waals surface area (Å²) < 4.78 is 5.55. The Bertz CT molecular complexity index is 1090. The fourth-order valence-electron chi connectivity index (χ4n) is 3.42. The van der Waals surface area contributed by atoms with Crippen LogP contribution in [0.3, 0.4) is 0 Å². The SMILES string of the molecule is C=c1nc2ccccc2c(N2CCOCC2)/c1=C(\C)N=Nc1ccccc1. The number of pyridine rings is 1. The van der Waals surface area contributed by atoms with Crippen molar-refractivity contribution in [3.63, 3.8) is 0 Å². The monoisotopic (exact) mass is 358 g/mol. The van der Waals surface area contributed by atoms with Gasteiger partial charge in [0.2, 0.25) is 0 Å². The Balaban J connectivity index is 1.94. The normalized spacial score (nSPS) is 16.1. The molecule has 0 N–H and O–H groups in total. The van der Waals surface area contributed by atoms with E-state index in [1.54, 1.807) is 0 Å². The van der Waals surface area contributed by atoms with Crippen LogP contribution in [0.15, 0.2) is 64.8 Å². The molecule has 1 aliphatic rings. The van der Waals surface area contributed by atoms with E-state index < -0.39 is 0 Å². The van der Waals surface area contributed by atoms with E-state index in [-0.39, 0.29) is 0 Å². The number of aromatic nitrogens is 1. The molecule has 1 aliphatic heterocycles. The maximum absolute atomic E-state index is 5.55. The molecule has 0 amide bonds. The number of anilines is 1. The highest BCUT2D eigenvalue weighted by Gasteiger charge is 2.17. The lowest BCUT2D eigenvalue weighted by atomic mass is 10.1. The van der Waals surface area contributed by atoms with Crippen molar-refractivity contribution in [2.24, 2.45) is 10.2 Å². The molecule has 1 saturated heterocycles. The third kappa shape index (κ3) is 3.59.